The number of nitrogens with one attached hydrogen (secondary N) is 2. The number of carbonyl (C=O) groups is 1. The normalized spacial score (nSPS) is 10.5. The van der Waals surface area contributed by atoms with Gasteiger partial charge in [-0.15, -0.1) is 0 Å². The van der Waals surface area contributed by atoms with E-state index in [1.165, 1.54) is 18.2 Å². The van der Waals surface area contributed by atoms with Gasteiger partial charge in [0.1, 0.15) is 5.82 Å². The van der Waals surface area contributed by atoms with Crippen molar-refractivity contribution in [3.63, 3.8) is 0 Å². The van der Waals surface area contributed by atoms with Gasteiger partial charge in [0.2, 0.25) is 5.91 Å². The van der Waals surface area contributed by atoms with Crippen LogP contribution in [-0.2, 0) is 16.1 Å². The monoisotopic (exact) mass is 288 g/mol. The van der Waals surface area contributed by atoms with Crippen LogP contribution in [0.15, 0.2) is 18.2 Å². The van der Waals surface area contributed by atoms with Crippen molar-refractivity contribution in [2.45, 2.75) is 13.0 Å². The first-order valence-corrected chi connectivity index (χ1v) is 6.41. The summed E-state index contributed by atoms with van der Waals surface area (Å²) in [6.45, 7) is 1.94. The molecule has 1 aromatic rings. The second-order valence-electron chi connectivity index (χ2n) is 4.01. The summed E-state index contributed by atoms with van der Waals surface area (Å²) in [4.78, 5) is 11.4. The molecule has 4 nitrogen and oxygen atoms in total. The Hall–Kier alpha value is -1.17. The van der Waals surface area contributed by atoms with E-state index in [1.807, 2.05) is 0 Å². The first-order chi connectivity index (χ1) is 9.13. The smallest absolute Gasteiger partial charge is 0.221 e. The molecule has 0 radical (unpaired) electrons. The molecule has 106 valence electrons. The summed E-state index contributed by atoms with van der Waals surface area (Å²) < 4.78 is 17.8. The minimum atomic E-state index is -0.321. The van der Waals surface area contributed by atoms with Crippen molar-refractivity contribution in [1.82, 2.24) is 10.6 Å². The highest BCUT2D eigenvalue weighted by Gasteiger charge is 2.03. The summed E-state index contributed by atoms with van der Waals surface area (Å²) in [6, 6.07) is 4.22. The largest absolute Gasteiger partial charge is 0.383 e. The van der Waals surface area contributed by atoms with Gasteiger partial charge in [-0.1, -0.05) is 11.6 Å². The van der Waals surface area contributed by atoms with Gasteiger partial charge in [-0.05, 0) is 23.8 Å². The number of hydrogen-bond acceptors (Lipinski definition) is 3. The van der Waals surface area contributed by atoms with Crippen molar-refractivity contribution in [1.29, 1.82) is 0 Å². The average Bonchev–Trinajstić information content (AvgIpc) is 2.39. The van der Waals surface area contributed by atoms with E-state index >= 15 is 0 Å². The average molecular weight is 289 g/mol. The maximum atomic E-state index is 13.0. The molecule has 1 rings (SSSR count). The third-order valence-electron chi connectivity index (χ3n) is 2.48. The third-order valence-corrected chi connectivity index (χ3v) is 2.85. The van der Waals surface area contributed by atoms with Crippen LogP contribution in [0.3, 0.4) is 0 Å². The van der Waals surface area contributed by atoms with Crippen molar-refractivity contribution >= 4 is 17.5 Å². The molecule has 2 N–H and O–H groups in total. The number of methoxy groups -OCH3 is 1. The zero-order valence-corrected chi connectivity index (χ0v) is 11.6. The number of amides is 1. The topological polar surface area (TPSA) is 50.4 Å². The molecular weight excluding hydrogens is 271 g/mol. The fraction of sp³-hybridized carbons (Fsp3) is 0.462. The lowest BCUT2D eigenvalue weighted by molar-refractivity contribution is -0.121. The lowest BCUT2D eigenvalue weighted by atomic mass is 10.2. The van der Waals surface area contributed by atoms with Crippen molar-refractivity contribution in [2.75, 3.05) is 26.8 Å². The maximum absolute atomic E-state index is 13.0. The highest BCUT2D eigenvalue weighted by Crippen LogP contribution is 2.16. The van der Waals surface area contributed by atoms with Crippen LogP contribution in [0, 0.1) is 5.82 Å². The molecular formula is C13H18ClFN2O2. The number of hydrogen-bond donors (Lipinski definition) is 2. The Morgan fingerprint density at radius 1 is 1.42 bits per heavy atom. The first-order valence-electron chi connectivity index (χ1n) is 6.03. The van der Waals surface area contributed by atoms with Crippen molar-refractivity contribution < 1.29 is 13.9 Å². The third kappa shape index (κ3) is 6.52. The Kier molecular flexibility index (Phi) is 7.40. The first kappa shape index (κ1) is 15.9. The van der Waals surface area contributed by atoms with Gasteiger partial charge in [0.15, 0.2) is 0 Å². The molecule has 0 aliphatic rings. The predicted octanol–water partition coefficient (Wildman–Crippen LogP) is 1.72. The molecule has 0 saturated heterocycles. The van der Waals surface area contributed by atoms with E-state index in [1.54, 1.807) is 7.11 Å². The summed E-state index contributed by atoms with van der Waals surface area (Å²) in [5.74, 6) is -0.367. The quantitative estimate of drug-likeness (QED) is 0.716. The SMILES string of the molecule is COCCNC(=O)CCNCc1cc(F)ccc1Cl. The van der Waals surface area contributed by atoms with Crippen LogP contribution in [0.4, 0.5) is 4.39 Å². The van der Waals surface area contributed by atoms with E-state index in [9.17, 15) is 9.18 Å². The van der Waals surface area contributed by atoms with Crippen LogP contribution in [-0.4, -0.2) is 32.7 Å². The van der Waals surface area contributed by atoms with Crippen LogP contribution < -0.4 is 10.6 Å². The molecule has 1 amide bonds. The molecule has 0 aliphatic heterocycles. The van der Waals surface area contributed by atoms with Crippen LogP contribution in [0.1, 0.15) is 12.0 Å². The van der Waals surface area contributed by atoms with Crippen molar-refractivity contribution in [3.8, 4) is 0 Å². The lowest BCUT2D eigenvalue weighted by Crippen LogP contribution is -2.30. The fourth-order valence-corrected chi connectivity index (χ4v) is 1.67. The highest BCUT2D eigenvalue weighted by atomic mass is 35.5. The minimum Gasteiger partial charge on any atom is -0.383 e. The molecule has 0 saturated carbocycles. The van der Waals surface area contributed by atoms with Gasteiger partial charge in [-0.2, -0.15) is 0 Å². The number of benzene rings is 1. The van der Waals surface area contributed by atoms with Gasteiger partial charge in [-0.25, -0.2) is 4.39 Å². The molecule has 0 aliphatic carbocycles. The van der Waals surface area contributed by atoms with Gasteiger partial charge >= 0.3 is 0 Å². The summed E-state index contributed by atoms with van der Waals surface area (Å²) in [5, 5.41) is 6.27. The second-order valence-corrected chi connectivity index (χ2v) is 4.41. The molecule has 0 fully saturated rings. The van der Waals surface area contributed by atoms with E-state index < -0.39 is 0 Å². The van der Waals surface area contributed by atoms with E-state index in [4.69, 9.17) is 16.3 Å². The summed E-state index contributed by atoms with van der Waals surface area (Å²) in [6.07, 6.45) is 0.358. The number of carbonyl (C=O) groups excluding carboxylic acids is 1. The van der Waals surface area contributed by atoms with E-state index in [2.05, 4.69) is 10.6 Å². The van der Waals surface area contributed by atoms with Gasteiger partial charge in [0.25, 0.3) is 0 Å². The lowest BCUT2D eigenvalue weighted by Gasteiger charge is -2.07. The van der Waals surface area contributed by atoms with Crippen LogP contribution in [0.5, 0.6) is 0 Å². The standard InChI is InChI=1S/C13H18ClFN2O2/c1-19-7-6-17-13(18)4-5-16-9-10-8-11(15)2-3-12(10)14/h2-3,8,16H,4-7,9H2,1H3,(H,17,18). The Morgan fingerprint density at radius 3 is 2.95 bits per heavy atom. The van der Waals surface area contributed by atoms with Crippen molar-refractivity contribution in [2.24, 2.45) is 0 Å². The Labute approximate surface area is 117 Å². The van der Waals surface area contributed by atoms with E-state index in [0.717, 1.165) is 0 Å². The zero-order valence-electron chi connectivity index (χ0n) is 10.8. The summed E-state index contributed by atoms with van der Waals surface area (Å²) in [5.41, 5.74) is 0.682. The van der Waals surface area contributed by atoms with Gasteiger partial charge in [0, 0.05) is 38.2 Å². The van der Waals surface area contributed by atoms with Crippen LogP contribution >= 0.6 is 11.6 Å². The maximum Gasteiger partial charge on any atom is 0.221 e. The van der Waals surface area contributed by atoms with Crippen molar-refractivity contribution in [3.05, 3.63) is 34.6 Å². The summed E-state index contributed by atoms with van der Waals surface area (Å²) in [7, 11) is 1.58. The summed E-state index contributed by atoms with van der Waals surface area (Å²) >= 11 is 5.92. The van der Waals surface area contributed by atoms with E-state index in [-0.39, 0.29) is 11.7 Å². The number of halogens is 2. The molecule has 19 heavy (non-hydrogen) atoms. The molecule has 1 aromatic carbocycles. The van der Waals surface area contributed by atoms with Gasteiger partial charge in [0.05, 0.1) is 6.61 Å². The molecule has 0 bridgehead atoms. The Balaban J connectivity index is 2.20. The molecule has 6 heteroatoms. The second kappa shape index (κ2) is 8.85. The molecule has 0 unspecified atom stereocenters. The van der Waals surface area contributed by atoms with E-state index in [0.29, 0.717) is 43.2 Å². The minimum absolute atomic E-state index is 0.0464. The molecule has 0 aromatic heterocycles. The Morgan fingerprint density at radius 2 is 2.21 bits per heavy atom. The number of ether oxygens (including phenoxy) is 1. The predicted molar refractivity (Wildman–Crippen MR) is 72.6 cm³/mol. The fourth-order valence-electron chi connectivity index (χ4n) is 1.48. The highest BCUT2D eigenvalue weighted by molar-refractivity contribution is 6.31. The Bertz CT molecular complexity index is 416. The zero-order chi connectivity index (χ0) is 14.1. The van der Waals surface area contributed by atoms with Crippen LogP contribution in [0.25, 0.3) is 0 Å². The van der Waals surface area contributed by atoms with Crippen LogP contribution in [0.2, 0.25) is 5.02 Å². The van der Waals surface area contributed by atoms with Gasteiger partial charge in [-0.3, -0.25) is 4.79 Å². The molecule has 0 heterocycles. The molecule has 0 atom stereocenters. The van der Waals surface area contributed by atoms with Gasteiger partial charge < -0.3 is 15.4 Å². The molecule has 0 spiro atoms. The number of rotatable bonds is 8.